The molecule has 0 saturated heterocycles. The Hall–Kier alpha value is -2.66. The number of carbonyl (C=O) groups is 2. The third kappa shape index (κ3) is 3.86. The average Bonchev–Trinajstić information content (AvgIpc) is 3.10. The van der Waals surface area contributed by atoms with Crippen molar-refractivity contribution in [3.63, 3.8) is 0 Å². The molecular formula is C28H28BrNO3. The van der Waals surface area contributed by atoms with Crippen molar-refractivity contribution in [3.8, 4) is 11.1 Å². The predicted molar refractivity (Wildman–Crippen MR) is 134 cm³/mol. The summed E-state index contributed by atoms with van der Waals surface area (Å²) < 4.78 is 0.937. The molecule has 170 valence electrons. The Morgan fingerprint density at radius 2 is 1.67 bits per heavy atom. The van der Waals surface area contributed by atoms with E-state index >= 15 is 0 Å². The summed E-state index contributed by atoms with van der Waals surface area (Å²) in [6.45, 7) is 2.03. The Morgan fingerprint density at radius 3 is 2.36 bits per heavy atom. The first kappa shape index (κ1) is 22.1. The van der Waals surface area contributed by atoms with E-state index in [0.29, 0.717) is 24.8 Å². The molecule has 2 N–H and O–H groups in total. The Morgan fingerprint density at radius 1 is 0.939 bits per heavy atom. The molecule has 0 atom stereocenters. The van der Waals surface area contributed by atoms with Gasteiger partial charge >= 0.3 is 5.97 Å². The van der Waals surface area contributed by atoms with E-state index in [9.17, 15) is 14.7 Å². The number of hydrogen-bond acceptors (Lipinski definition) is 2. The van der Waals surface area contributed by atoms with Crippen LogP contribution in [0.1, 0.15) is 60.9 Å². The van der Waals surface area contributed by atoms with Gasteiger partial charge in [0.25, 0.3) is 5.91 Å². The van der Waals surface area contributed by atoms with Crippen molar-refractivity contribution < 1.29 is 14.7 Å². The first-order valence-electron chi connectivity index (χ1n) is 11.7. The second-order valence-corrected chi connectivity index (χ2v) is 10.7. The predicted octanol–water partition coefficient (Wildman–Crippen LogP) is 6.88. The summed E-state index contributed by atoms with van der Waals surface area (Å²) in [5.74, 6) is -0.732. The van der Waals surface area contributed by atoms with Crippen LogP contribution in [0.2, 0.25) is 0 Å². The zero-order valence-corrected chi connectivity index (χ0v) is 20.4. The molecule has 5 heteroatoms. The summed E-state index contributed by atoms with van der Waals surface area (Å²) in [6.07, 6.45) is 5.11. The van der Waals surface area contributed by atoms with Crippen LogP contribution in [-0.4, -0.2) is 22.5 Å². The number of halogens is 1. The highest BCUT2D eigenvalue weighted by Gasteiger charge is 2.50. The van der Waals surface area contributed by atoms with Gasteiger partial charge in [-0.1, -0.05) is 52.3 Å². The fraction of sp³-hybridized carbons (Fsp3) is 0.357. The molecule has 3 aliphatic carbocycles. The molecule has 0 radical (unpaired) electrons. The maximum absolute atomic E-state index is 13.9. The van der Waals surface area contributed by atoms with Crippen LogP contribution < -0.4 is 5.32 Å². The van der Waals surface area contributed by atoms with Crippen LogP contribution in [0.15, 0.2) is 59.1 Å². The molecule has 0 spiro atoms. The largest absolute Gasteiger partial charge is 0.481 e. The molecule has 3 saturated carbocycles. The number of rotatable bonds is 4. The normalized spacial score (nSPS) is 24.4. The number of aliphatic carboxylic acids is 1. The minimum Gasteiger partial charge on any atom is -0.481 e. The van der Waals surface area contributed by atoms with E-state index in [1.54, 1.807) is 0 Å². The maximum Gasteiger partial charge on any atom is 0.309 e. The van der Waals surface area contributed by atoms with Gasteiger partial charge in [0, 0.05) is 10.0 Å². The van der Waals surface area contributed by atoms with Crippen molar-refractivity contribution >= 4 is 38.6 Å². The van der Waals surface area contributed by atoms with Gasteiger partial charge in [-0.3, -0.25) is 9.59 Å². The molecular weight excluding hydrogens is 478 g/mol. The fourth-order valence-corrected chi connectivity index (χ4v) is 6.33. The molecule has 0 aliphatic heterocycles. The third-order valence-electron chi connectivity index (χ3n) is 7.98. The molecule has 3 aromatic rings. The van der Waals surface area contributed by atoms with Crippen molar-refractivity contribution in [1.82, 2.24) is 5.32 Å². The van der Waals surface area contributed by atoms with Crippen molar-refractivity contribution in [1.29, 1.82) is 0 Å². The van der Waals surface area contributed by atoms with Crippen LogP contribution in [-0.2, 0) is 4.79 Å². The number of nitrogens with one attached hydrogen (secondary N) is 1. The monoisotopic (exact) mass is 505 g/mol. The highest BCUT2D eigenvalue weighted by Crippen LogP contribution is 2.50. The summed E-state index contributed by atoms with van der Waals surface area (Å²) in [5, 5.41) is 15.2. The second-order valence-electron chi connectivity index (χ2n) is 9.83. The molecule has 2 bridgehead atoms. The number of carboxylic acid groups (broad SMARTS) is 1. The van der Waals surface area contributed by atoms with Crippen molar-refractivity contribution in [2.45, 2.75) is 57.4 Å². The molecule has 6 rings (SSSR count). The molecule has 3 aliphatic rings. The van der Waals surface area contributed by atoms with Crippen LogP contribution >= 0.6 is 15.9 Å². The van der Waals surface area contributed by atoms with Gasteiger partial charge in [-0.05, 0) is 97.5 Å². The zero-order valence-electron chi connectivity index (χ0n) is 18.8. The van der Waals surface area contributed by atoms with Gasteiger partial charge in [0.05, 0.1) is 11.0 Å². The lowest BCUT2D eigenvalue weighted by atomic mass is 9.68. The molecule has 33 heavy (non-hydrogen) atoms. The summed E-state index contributed by atoms with van der Waals surface area (Å²) in [4.78, 5) is 25.8. The van der Waals surface area contributed by atoms with Gasteiger partial charge in [-0.25, -0.2) is 0 Å². The van der Waals surface area contributed by atoms with Gasteiger partial charge in [0.1, 0.15) is 0 Å². The third-order valence-corrected chi connectivity index (χ3v) is 8.48. The highest BCUT2D eigenvalue weighted by molar-refractivity contribution is 9.10. The summed E-state index contributed by atoms with van der Waals surface area (Å²) >= 11 is 3.58. The van der Waals surface area contributed by atoms with Crippen LogP contribution in [0.25, 0.3) is 21.9 Å². The number of benzene rings is 3. The summed E-state index contributed by atoms with van der Waals surface area (Å²) in [6, 6.07) is 18.4. The van der Waals surface area contributed by atoms with Crippen molar-refractivity contribution in [2.24, 2.45) is 5.41 Å². The number of amides is 1. The Bertz CT molecular complexity index is 1240. The molecule has 4 nitrogen and oxygen atoms in total. The number of carbonyl (C=O) groups excluding carboxylic acids is 1. The fourth-order valence-electron chi connectivity index (χ4n) is 5.97. The van der Waals surface area contributed by atoms with Crippen LogP contribution in [0.3, 0.4) is 0 Å². The van der Waals surface area contributed by atoms with Gasteiger partial charge in [0.15, 0.2) is 0 Å². The van der Waals surface area contributed by atoms with Crippen LogP contribution in [0, 0.1) is 12.3 Å². The molecule has 1 amide bonds. The SMILES string of the molecule is Cc1c(-c2ccccc2)cc2ccc(Br)cc2c1C(=O)NC12CCCC(C(=O)O)(CC1)CC2. The van der Waals surface area contributed by atoms with E-state index in [-0.39, 0.29) is 11.4 Å². The van der Waals surface area contributed by atoms with E-state index in [2.05, 4.69) is 39.4 Å². The number of hydrogen-bond donors (Lipinski definition) is 2. The minimum atomic E-state index is -0.674. The quantitative estimate of drug-likeness (QED) is 0.406. The lowest BCUT2D eigenvalue weighted by Gasteiger charge is -2.41. The molecule has 0 heterocycles. The summed E-state index contributed by atoms with van der Waals surface area (Å²) in [7, 11) is 0. The van der Waals surface area contributed by atoms with Gasteiger partial charge in [-0.2, -0.15) is 0 Å². The molecule has 3 fully saturated rings. The lowest BCUT2D eigenvalue weighted by molar-refractivity contribution is -0.151. The molecule has 3 aromatic carbocycles. The van der Waals surface area contributed by atoms with E-state index in [4.69, 9.17) is 0 Å². The van der Waals surface area contributed by atoms with Crippen LogP contribution in [0.4, 0.5) is 0 Å². The topological polar surface area (TPSA) is 66.4 Å². The second kappa shape index (κ2) is 8.28. The van der Waals surface area contributed by atoms with Gasteiger partial charge in [0.2, 0.25) is 0 Å². The maximum atomic E-state index is 13.9. The minimum absolute atomic E-state index is 0.0573. The Kier molecular flexibility index (Phi) is 5.56. The number of fused-ring (bicyclic) bond motifs is 5. The van der Waals surface area contributed by atoms with E-state index < -0.39 is 11.4 Å². The average molecular weight is 506 g/mol. The first-order chi connectivity index (χ1) is 15.8. The van der Waals surface area contributed by atoms with Gasteiger partial charge in [-0.15, -0.1) is 0 Å². The first-order valence-corrected chi connectivity index (χ1v) is 12.5. The lowest BCUT2D eigenvalue weighted by Crippen LogP contribution is -2.51. The van der Waals surface area contributed by atoms with Gasteiger partial charge < -0.3 is 10.4 Å². The zero-order chi connectivity index (χ0) is 23.2. The molecule has 0 unspecified atom stereocenters. The Balaban J connectivity index is 1.57. The van der Waals surface area contributed by atoms with E-state index in [0.717, 1.165) is 57.6 Å². The van der Waals surface area contributed by atoms with Crippen LogP contribution in [0.5, 0.6) is 0 Å². The van der Waals surface area contributed by atoms with Crippen molar-refractivity contribution in [3.05, 3.63) is 70.2 Å². The summed E-state index contributed by atoms with van der Waals surface area (Å²) in [5.41, 5.74) is 2.89. The van der Waals surface area contributed by atoms with E-state index in [1.807, 2.05) is 43.3 Å². The number of carboxylic acids is 1. The van der Waals surface area contributed by atoms with E-state index in [1.165, 1.54) is 0 Å². The highest BCUT2D eigenvalue weighted by atomic mass is 79.9. The van der Waals surface area contributed by atoms with Crippen molar-refractivity contribution in [2.75, 3.05) is 0 Å². The Labute approximate surface area is 202 Å². The standard InChI is InChI=1S/C28H28BrNO3/c1-18-22(19-6-3-2-4-7-19)16-20-8-9-21(29)17-23(20)24(18)25(31)30-28-11-5-10-27(12-14-28,13-15-28)26(32)33/h2-4,6-9,16-17H,5,10-15H2,1H3,(H,30,31)(H,32,33). The molecule has 0 aromatic heterocycles. The smallest absolute Gasteiger partial charge is 0.309 e.